The van der Waals surface area contributed by atoms with Crippen LogP contribution in [0.1, 0.15) is 63.2 Å². The molecule has 136 valence electrons. The van der Waals surface area contributed by atoms with E-state index in [1.807, 2.05) is 6.92 Å². The first-order chi connectivity index (χ1) is 11.3. The molecule has 0 bridgehead atoms. The Morgan fingerprint density at radius 1 is 1.21 bits per heavy atom. The fraction of sp³-hybridized carbons (Fsp3) is 0.588. The van der Waals surface area contributed by atoms with E-state index in [0.717, 1.165) is 32.1 Å². The quantitative estimate of drug-likeness (QED) is 0.528. The average molecular weight is 356 g/mol. The van der Waals surface area contributed by atoms with Crippen LogP contribution in [0.5, 0.6) is 0 Å². The van der Waals surface area contributed by atoms with Crippen LogP contribution in [0, 0.1) is 0 Å². The normalized spacial score (nSPS) is 12.8. The summed E-state index contributed by atoms with van der Waals surface area (Å²) < 4.78 is 27.9. The van der Waals surface area contributed by atoms with E-state index in [4.69, 9.17) is 5.11 Å². The fourth-order valence-electron chi connectivity index (χ4n) is 2.44. The average Bonchev–Trinajstić information content (AvgIpc) is 2.51. The van der Waals surface area contributed by atoms with Gasteiger partial charge in [-0.1, -0.05) is 33.1 Å². The number of unbranched alkanes of at least 4 members (excludes halogenated alkanes) is 2. The molecule has 0 aliphatic rings. The highest BCUT2D eigenvalue weighted by molar-refractivity contribution is 7.89. The van der Waals surface area contributed by atoms with Gasteiger partial charge in [-0.3, -0.25) is 0 Å². The summed E-state index contributed by atoms with van der Waals surface area (Å²) in [6, 6.07) is 3.94. The molecule has 0 fully saturated rings. The highest BCUT2D eigenvalue weighted by Gasteiger charge is 2.22. The summed E-state index contributed by atoms with van der Waals surface area (Å²) in [6.45, 7) is 6.52. The van der Waals surface area contributed by atoms with Crippen LogP contribution in [0.15, 0.2) is 23.1 Å². The second kappa shape index (κ2) is 9.64. The summed E-state index contributed by atoms with van der Waals surface area (Å²) in [5.41, 5.74) is 0.393. The van der Waals surface area contributed by atoms with Crippen LogP contribution in [-0.2, 0) is 10.0 Å². The van der Waals surface area contributed by atoms with Crippen molar-refractivity contribution in [1.29, 1.82) is 0 Å². The monoisotopic (exact) mass is 356 g/mol. The molecule has 0 radical (unpaired) electrons. The summed E-state index contributed by atoms with van der Waals surface area (Å²) in [7, 11) is -3.79. The molecule has 1 aromatic carbocycles. The molecule has 0 spiro atoms. The Kier molecular flexibility index (Phi) is 8.21. The van der Waals surface area contributed by atoms with Gasteiger partial charge in [0.05, 0.1) is 11.3 Å². The number of carbonyl (C=O) groups is 1. The molecule has 3 N–H and O–H groups in total. The number of aromatic carboxylic acids is 1. The van der Waals surface area contributed by atoms with Gasteiger partial charge in [0.1, 0.15) is 4.90 Å². The molecule has 24 heavy (non-hydrogen) atoms. The van der Waals surface area contributed by atoms with Crippen LogP contribution in [0.4, 0.5) is 5.69 Å². The van der Waals surface area contributed by atoms with Crippen molar-refractivity contribution in [2.24, 2.45) is 0 Å². The maximum Gasteiger partial charge on any atom is 0.335 e. The minimum Gasteiger partial charge on any atom is -0.478 e. The molecule has 0 saturated heterocycles. The van der Waals surface area contributed by atoms with Crippen molar-refractivity contribution in [3.05, 3.63) is 23.8 Å². The number of hydrogen-bond donors (Lipinski definition) is 3. The lowest BCUT2D eigenvalue weighted by molar-refractivity contribution is 0.0696. The molecular formula is C17H28N2O4S. The first-order valence-corrected chi connectivity index (χ1v) is 9.93. The van der Waals surface area contributed by atoms with E-state index in [1.165, 1.54) is 18.2 Å². The molecule has 0 aliphatic carbocycles. The SMILES string of the molecule is CCCCCNc1ccc(C(=O)O)cc1S(=O)(=O)NC(C)CCC. The number of sulfonamides is 1. The Morgan fingerprint density at radius 2 is 1.92 bits per heavy atom. The number of rotatable bonds is 11. The molecule has 1 rings (SSSR count). The smallest absolute Gasteiger partial charge is 0.335 e. The largest absolute Gasteiger partial charge is 0.478 e. The van der Waals surface area contributed by atoms with Crippen molar-refractivity contribution < 1.29 is 18.3 Å². The first-order valence-electron chi connectivity index (χ1n) is 8.45. The van der Waals surface area contributed by atoms with Gasteiger partial charge in [0.2, 0.25) is 10.0 Å². The van der Waals surface area contributed by atoms with E-state index in [2.05, 4.69) is 17.0 Å². The predicted molar refractivity (Wildman–Crippen MR) is 96.1 cm³/mol. The van der Waals surface area contributed by atoms with E-state index in [1.54, 1.807) is 6.92 Å². The molecule has 0 aliphatic heterocycles. The van der Waals surface area contributed by atoms with Crippen molar-refractivity contribution in [2.75, 3.05) is 11.9 Å². The summed E-state index contributed by atoms with van der Waals surface area (Å²) in [4.78, 5) is 11.2. The van der Waals surface area contributed by atoms with Gasteiger partial charge < -0.3 is 10.4 Å². The second-order valence-electron chi connectivity index (χ2n) is 5.96. The van der Waals surface area contributed by atoms with Gasteiger partial charge >= 0.3 is 5.97 Å². The third-order valence-electron chi connectivity index (χ3n) is 3.69. The standard InChI is InChI=1S/C17H28N2O4S/c1-4-6-7-11-18-15-10-9-14(17(20)21)12-16(15)24(22,23)19-13(3)8-5-2/h9-10,12-13,18-19H,4-8,11H2,1-3H3,(H,20,21). The minimum atomic E-state index is -3.79. The van der Waals surface area contributed by atoms with Crippen molar-refractivity contribution in [1.82, 2.24) is 4.72 Å². The van der Waals surface area contributed by atoms with Crippen LogP contribution in [0.25, 0.3) is 0 Å². The number of anilines is 1. The van der Waals surface area contributed by atoms with E-state index < -0.39 is 16.0 Å². The minimum absolute atomic E-state index is 0.0122. The number of nitrogens with one attached hydrogen (secondary N) is 2. The molecule has 1 unspecified atom stereocenters. The van der Waals surface area contributed by atoms with Gasteiger partial charge in [-0.25, -0.2) is 17.9 Å². The zero-order valence-corrected chi connectivity index (χ0v) is 15.4. The van der Waals surface area contributed by atoms with E-state index in [0.29, 0.717) is 12.2 Å². The van der Waals surface area contributed by atoms with Crippen molar-refractivity contribution >= 4 is 21.7 Å². The van der Waals surface area contributed by atoms with Crippen molar-refractivity contribution in [2.45, 2.75) is 63.8 Å². The van der Waals surface area contributed by atoms with E-state index in [-0.39, 0.29) is 16.5 Å². The second-order valence-corrected chi connectivity index (χ2v) is 7.64. The Labute approximate surface area is 144 Å². The topological polar surface area (TPSA) is 95.5 Å². The maximum absolute atomic E-state index is 12.7. The van der Waals surface area contributed by atoms with E-state index >= 15 is 0 Å². The van der Waals surface area contributed by atoms with Gasteiger partial charge in [0.15, 0.2) is 0 Å². The molecule has 6 nitrogen and oxygen atoms in total. The Bertz CT molecular complexity index is 644. The summed E-state index contributed by atoms with van der Waals surface area (Å²) >= 11 is 0. The van der Waals surface area contributed by atoms with Gasteiger partial charge in [-0.2, -0.15) is 0 Å². The molecule has 1 atom stereocenters. The Morgan fingerprint density at radius 3 is 2.50 bits per heavy atom. The van der Waals surface area contributed by atoms with E-state index in [9.17, 15) is 13.2 Å². The van der Waals surface area contributed by atoms with Crippen LogP contribution < -0.4 is 10.0 Å². The molecule has 0 heterocycles. The summed E-state index contributed by atoms with van der Waals surface area (Å²) in [5, 5.41) is 12.3. The molecule has 0 aromatic heterocycles. The highest BCUT2D eigenvalue weighted by atomic mass is 32.2. The van der Waals surface area contributed by atoms with Gasteiger partial charge in [0, 0.05) is 12.6 Å². The molecule has 0 amide bonds. The Hall–Kier alpha value is -1.60. The molecular weight excluding hydrogens is 328 g/mol. The maximum atomic E-state index is 12.7. The summed E-state index contributed by atoms with van der Waals surface area (Å²) in [6.07, 6.45) is 4.63. The number of carboxylic acid groups (broad SMARTS) is 1. The lowest BCUT2D eigenvalue weighted by Crippen LogP contribution is -2.33. The zero-order chi connectivity index (χ0) is 18.2. The highest BCUT2D eigenvalue weighted by Crippen LogP contribution is 2.24. The van der Waals surface area contributed by atoms with Crippen LogP contribution in [0.3, 0.4) is 0 Å². The lowest BCUT2D eigenvalue weighted by Gasteiger charge is -2.17. The first kappa shape index (κ1) is 20.4. The number of carboxylic acids is 1. The predicted octanol–water partition coefficient (Wildman–Crippen LogP) is 3.45. The van der Waals surface area contributed by atoms with Gasteiger partial charge in [0.25, 0.3) is 0 Å². The van der Waals surface area contributed by atoms with Crippen LogP contribution in [-0.4, -0.2) is 32.1 Å². The molecule has 1 aromatic rings. The van der Waals surface area contributed by atoms with Crippen molar-refractivity contribution in [3.8, 4) is 0 Å². The van der Waals surface area contributed by atoms with Crippen molar-refractivity contribution in [3.63, 3.8) is 0 Å². The lowest BCUT2D eigenvalue weighted by atomic mass is 10.2. The third kappa shape index (κ3) is 6.13. The van der Waals surface area contributed by atoms with Gasteiger partial charge in [-0.15, -0.1) is 0 Å². The van der Waals surface area contributed by atoms with Gasteiger partial charge in [-0.05, 0) is 38.0 Å². The number of benzene rings is 1. The van der Waals surface area contributed by atoms with Crippen LogP contribution in [0.2, 0.25) is 0 Å². The zero-order valence-electron chi connectivity index (χ0n) is 14.6. The summed E-state index contributed by atoms with van der Waals surface area (Å²) in [5.74, 6) is -1.15. The number of hydrogen-bond acceptors (Lipinski definition) is 4. The Balaban J connectivity index is 3.10. The fourth-order valence-corrected chi connectivity index (χ4v) is 3.93. The molecule has 0 saturated carbocycles. The third-order valence-corrected chi connectivity index (χ3v) is 5.32. The van der Waals surface area contributed by atoms with Crippen LogP contribution >= 0.6 is 0 Å². The molecule has 7 heteroatoms.